The number of carbonyl (C=O) groups excluding carboxylic acids is 1. The minimum absolute atomic E-state index is 0.0478. The van der Waals surface area contributed by atoms with Crippen molar-refractivity contribution in [2.45, 2.75) is 69.9 Å². The Balaban J connectivity index is 1.25. The molecule has 3 heterocycles. The van der Waals surface area contributed by atoms with Crippen LogP contribution in [0.25, 0.3) is 22.4 Å². The summed E-state index contributed by atoms with van der Waals surface area (Å²) < 4.78 is 60.4. The van der Waals surface area contributed by atoms with Gasteiger partial charge in [-0.3, -0.25) is 9.59 Å². The van der Waals surface area contributed by atoms with Crippen LogP contribution in [0.4, 0.5) is 13.2 Å². The molecule has 1 aliphatic heterocycles. The van der Waals surface area contributed by atoms with Crippen LogP contribution in [-0.2, 0) is 28.7 Å². The van der Waals surface area contributed by atoms with E-state index >= 15 is 0 Å². The van der Waals surface area contributed by atoms with Crippen LogP contribution in [0, 0.1) is 0 Å². The lowest BCUT2D eigenvalue weighted by Crippen LogP contribution is -2.35. The molecule has 0 radical (unpaired) electrons. The molecule has 1 fully saturated rings. The number of nitrogens with zero attached hydrogens (tertiary/aromatic N) is 2. The third-order valence-corrected chi connectivity index (χ3v) is 10.1. The number of amides is 1. The average Bonchev–Trinajstić information content (AvgIpc) is 3.76. The van der Waals surface area contributed by atoms with Crippen molar-refractivity contribution >= 4 is 23.5 Å². The highest BCUT2D eigenvalue weighted by Crippen LogP contribution is 2.46. The largest absolute Gasteiger partial charge is 0.481 e. The normalized spacial score (nSPS) is 17.2. The number of carboxylic acid groups (broad SMARTS) is 1. The number of nitrogens with one attached hydrogen (secondary N) is 3. The number of alkyl halides is 3. The predicted octanol–water partition coefficient (Wildman–Crippen LogP) is 7.06. The summed E-state index contributed by atoms with van der Waals surface area (Å²) in [5.41, 5.74) is 4.40. The van der Waals surface area contributed by atoms with Crippen molar-refractivity contribution in [3.05, 3.63) is 87.4 Å². The molecule has 11 nitrogen and oxygen atoms in total. The van der Waals surface area contributed by atoms with E-state index in [0.29, 0.717) is 54.5 Å². The molecule has 54 heavy (non-hydrogen) atoms. The van der Waals surface area contributed by atoms with E-state index in [-0.39, 0.29) is 36.4 Å². The van der Waals surface area contributed by atoms with Crippen molar-refractivity contribution in [1.29, 1.82) is 0 Å². The Bertz CT molecular complexity index is 2030. The molecule has 1 saturated heterocycles. The predicted molar refractivity (Wildman–Crippen MR) is 196 cm³/mol. The average molecular weight is 768 g/mol. The summed E-state index contributed by atoms with van der Waals surface area (Å²) in [7, 11) is 2.86. The fraction of sp³-hybridized carbons (Fsp3) is 0.385. The van der Waals surface area contributed by atoms with Crippen LogP contribution in [0.3, 0.4) is 0 Å². The van der Waals surface area contributed by atoms with Gasteiger partial charge >= 0.3 is 12.1 Å². The van der Waals surface area contributed by atoms with E-state index in [2.05, 4.69) is 20.9 Å². The quantitative estimate of drug-likeness (QED) is 0.0993. The number of aliphatic carboxylic acids is 1. The highest BCUT2D eigenvalue weighted by Gasteiger charge is 2.39. The zero-order valence-corrected chi connectivity index (χ0v) is 30.7. The topological polar surface area (TPSA) is 144 Å². The zero-order chi connectivity index (χ0) is 38.6. The molecular weight excluding hydrogens is 727 g/mol. The molecule has 0 saturated carbocycles. The van der Waals surface area contributed by atoms with E-state index in [1.165, 1.54) is 7.11 Å². The van der Waals surface area contributed by atoms with E-state index in [1.54, 1.807) is 14.0 Å². The Hall–Kier alpha value is -4.92. The lowest BCUT2D eigenvalue weighted by Gasteiger charge is -2.22. The Morgan fingerprint density at radius 1 is 1.00 bits per heavy atom. The molecule has 2 aromatic heterocycles. The van der Waals surface area contributed by atoms with Gasteiger partial charge in [-0.2, -0.15) is 18.2 Å². The van der Waals surface area contributed by atoms with Gasteiger partial charge < -0.3 is 35.3 Å². The van der Waals surface area contributed by atoms with Gasteiger partial charge in [-0.15, -0.1) is 0 Å². The number of benzene rings is 2. The van der Waals surface area contributed by atoms with Crippen molar-refractivity contribution in [2.24, 2.45) is 0 Å². The minimum atomic E-state index is -4.79. The number of hydrogen-bond acceptors (Lipinski definition) is 9. The number of methoxy groups -OCH3 is 2. The first-order valence-electron chi connectivity index (χ1n) is 17.6. The van der Waals surface area contributed by atoms with Gasteiger partial charge in [0.15, 0.2) is 0 Å². The van der Waals surface area contributed by atoms with Crippen molar-refractivity contribution < 1.29 is 42.1 Å². The van der Waals surface area contributed by atoms with Gasteiger partial charge in [0.2, 0.25) is 23.5 Å². The van der Waals surface area contributed by atoms with Gasteiger partial charge in [0, 0.05) is 60.4 Å². The lowest BCUT2D eigenvalue weighted by atomic mass is 9.94. The van der Waals surface area contributed by atoms with E-state index in [1.807, 2.05) is 48.5 Å². The maximum Gasteiger partial charge on any atom is 0.421 e. The van der Waals surface area contributed by atoms with Crippen molar-refractivity contribution in [2.75, 3.05) is 27.3 Å². The molecule has 4 N–H and O–H groups in total. The van der Waals surface area contributed by atoms with Crippen molar-refractivity contribution in [1.82, 2.24) is 25.9 Å². The molecule has 2 aliphatic rings. The number of pyridine rings is 2. The van der Waals surface area contributed by atoms with Crippen LogP contribution >= 0.6 is 11.6 Å². The summed E-state index contributed by atoms with van der Waals surface area (Å²) in [5, 5.41) is 18.6. The second kappa shape index (κ2) is 16.6. The number of ether oxygens (including phenoxy) is 3. The molecule has 1 unspecified atom stereocenters. The smallest absolute Gasteiger partial charge is 0.421 e. The zero-order valence-electron chi connectivity index (χ0n) is 30.0. The SMILES string of the molecule is COc1nc(-c2cccc(-c3cccc4c3CC[C@@H]4Oc3nc(OC)c(C(C)NCCC(=O)O)cc3C(F)(F)F)c2Cl)ccc1CNC[C@@H]1CCC(=O)N1. The van der Waals surface area contributed by atoms with Gasteiger partial charge in [0.05, 0.1) is 31.4 Å². The van der Waals surface area contributed by atoms with Gasteiger partial charge in [0.25, 0.3) is 0 Å². The summed E-state index contributed by atoms with van der Waals surface area (Å²) in [6.45, 7) is 2.79. The van der Waals surface area contributed by atoms with Crippen LogP contribution < -0.4 is 30.2 Å². The van der Waals surface area contributed by atoms with Crippen molar-refractivity contribution in [3.8, 4) is 40.0 Å². The van der Waals surface area contributed by atoms with Crippen LogP contribution in [0.5, 0.6) is 17.6 Å². The maximum atomic E-state index is 14.5. The number of rotatable bonds is 15. The third-order valence-electron chi connectivity index (χ3n) is 9.69. The molecule has 3 atom stereocenters. The molecule has 4 aromatic rings. The molecule has 15 heteroatoms. The monoisotopic (exact) mass is 767 g/mol. The third kappa shape index (κ3) is 8.56. The number of aromatic nitrogens is 2. The van der Waals surface area contributed by atoms with Gasteiger partial charge in [-0.1, -0.05) is 54.1 Å². The summed E-state index contributed by atoms with van der Waals surface area (Å²) >= 11 is 7.10. The fourth-order valence-corrected chi connectivity index (χ4v) is 7.30. The minimum Gasteiger partial charge on any atom is -0.481 e. The Labute approximate surface area is 315 Å². The Morgan fingerprint density at radius 2 is 1.74 bits per heavy atom. The van der Waals surface area contributed by atoms with E-state index in [4.69, 9.17) is 35.9 Å². The number of fused-ring (bicyclic) bond motifs is 1. The van der Waals surface area contributed by atoms with Crippen LogP contribution in [0.1, 0.15) is 72.6 Å². The van der Waals surface area contributed by atoms with Crippen molar-refractivity contribution in [3.63, 3.8) is 0 Å². The highest BCUT2D eigenvalue weighted by atomic mass is 35.5. The number of hydrogen-bond donors (Lipinski definition) is 4. The van der Waals surface area contributed by atoms with E-state index in [9.17, 15) is 22.8 Å². The van der Waals surface area contributed by atoms with E-state index < -0.39 is 35.7 Å². The maximum absolute atomic E-state index is 14.5. The molecular formula is C39H41ClF3N5O6. The molecule has 286 valence electrons. The summed E-state index contributed by atoms with van der Waals surface area (Å²) in [4.78, 5) is 31.4. The molecule has 0 bridgehead atoms. The fourth-order valence-electron chi connectivity index (χ4n) is 6.97. The summed E-state index contributed by atoms with van der Waals surface area (Å²) in [6, 6.07) is 15.4. The molecule has 0 spiro atoms. The van der Waals surface area contributed by atoms with E-state index in [0.717, 1.165) is 40.3 Å². The standard InChI is InChI=1S/C39H41ClF3N5O6/c1-21(45-17-16-34(50)51)29-18-30(39(41,42)43)38(48-37(29)53-3)54-32-14-12-25-24(6-4-7-26(25)32)27-8-5-9-28(35(27)40)31-13-10-22(36(47-31)52-2)19-44-20-23-11-15-33(49)46-23/h4-10,13,18,21,23,32,44-45H,11-12,14-17,19-20H2,1-3H3,(H,46,49)(H,50,51)/t21?,23-,32-/m0/s1. The summed E-state index contributed by atoms with van der Waals surface area (Å²) in [5.74, 6) is -1.19. The molecule has 2 aromatic carbocycles. The summed E-state index contributed by atoms with van der Waals surface area (Å²) in [6.07, 6.45) is -3.46. The molecule has 6 rings (SSSR count). The van der Waals surface area contributed by atoms with Gasteiger partial charge in [-0.05, 0) is 55.0 Å². The second-order valence-electron chi connectivity index (χ2n) is 13.2. The van der Waals surface area contributed by atoms with Crippen LogP contribution in [0.2, 0.25) is 5.02 Å². The number of carbonyl (C=O) groups is 2. The molecule has 1 aliphatic carbocycles. The highest BCUT2D eigenvalue weighted by molar-refractivity contribution is 6.36. The first kappa shape index (κ1) is 38.8. The van der Waals surface area contributed by atoms with Crippen LogP contribution in [0.15, 0.2) is 54.6 Å². The number of carboxylic acids is 1. The number of halogens is 4. The van der Waals surface area contributed by atoms with Crippen LogP contribution in [-0.4, -0.2) is 60.3 Å². The Morgan fingerprint density at radius 3 is 2.44 bits per heavy atom. The Kier molecular flexibility index (Phi) is 11.9. The first-order chi connectivity index (χ1) is 25.9. The van der Waals surface area contributed by atoms with Gasteiger partial charge in [0.1, 0.15) is 11.7 Å². The lowest BCUT2D eigenvalue weighted by molar-refractivity contribution is -0.140. The first-order valence-corrected chi connectivity index (χ1v) is 18.0. The second-order valence-corrected chi connectivity index (χ2v) is 13.6. The molecule has 1 amide bonds. The van der Waals surface area contributed by atoms with Gasteiger partial charge in [-0.25, -0.2) is 4.98 Å².